The van der Waals surface area contributed by atoms with Gasteiger partial charge in [0, 0.05) is 18.5 Å². The van der Waals surface area contributed by atoms with Crippen LogP contribution in [-0.2, 0) is 13.0 Å². The number of nitrogens with one attached hydrogen (secondary N) is 1. The molecule has 0 bridgehead atoms. The van der Waals surface area contributed by atoms with Gasteiger partial charge in [0.15, 0.2) is 0 Å². The van der Waals surface area contributed by atoms with Crippen molar-refractivity contribution in [3.05, 3.63) is 16.1 Å². The summed E-state index contributed by atoms with van der Waals surface area (Å²) in [5.41, 5.74) is 1.87. The lowest BCUT2D eigenvalue weighted by Gasteiger charge is -2.22. The molecule has 18 heavy (non-hydrogen) atoms. The molecule has 4 heteroatoms. The highest BCUT2D eigenvalue weighted by Gasteiger charge is 2.40. The molecule has 1 spiro atoms. The first-order valence-corrected chi connectivity index (χ1v) is 8.04. The highest BCUT2D eigenvalue weighted by atomic mass is 32.1. The van der Waals surface area contributed by atoms with Gasteiger partial charge in [-0.05, 0) is 37.8 Å². The quantitative estimate of drug-likeness (QED) is 0.905. The Morgan fingerprint density at radius 1 is 1.50 bits per heavy atom. The minimum Gasteiger partial charge on any atom is -0.316 e. The maximum atomic E-state index is 4.74. The Kier molecular flexibility index (Phi) is 3.68. The van der Waals surface area contributed by atoms with Crippen LogP contribution in [0, 0.1) is 5.41 Å². The Labute approximate surface area is 114 Å². The number of aromatic nitrogens is 1. The van der Waals surface area contributed by atoms with E-state index >= 15 is 0 Å². The largest absolute Gasteiger partial charge is 0.316 e. The Bertz CT molecular complexity index is 395. The fraction of sp³-hybridized carbons (Fsp3) is 0.786. The molecule has 0 radical (unpaired) electrons. The van der Waals surface area contributed by atoms with Crippen molar-refractivity contribution >= 4 is 11.3 Å². The van der Waals surface area contributed by atoms with Gasteiger partial charge in [0.2, 0.25) is 0 Å². The van der Waals surface area contributed by atoms with Gasteiger partial charge in [-0.3, -0.25) is 4.90 Å². The van der Waals surface area contributed by atoms with Crippen LogP contribution in [0.25, 0.3) is 0 Å². The number of nitrogens with zero attached hydrogens (tertiary/aromatic N) is 2. The molecular formula is C14H23N3S. The first-order chi connectivity index (χ1) is 8.80. The van der Waals surface area contributed by atoms with Crippen molar-refractivity contribution in [3.63, 3.8) is 0 Å². The van der Waals surface area contributed by atoms with E-state index in [0.717, 1.165) is 13.0 Å². The van der Waals surface area contributed by atoms with Gasteiger partial charge in [-0.1, -0.05) is 13.3 Å². The summed E-state index contributed by atoms with van der Waals surface area (Å²) in [6, 6.07) is 0. The SMILES string of the molecule is CCCc1csc(CN2CCC3(CCNC3)C2)n1. The second-order valence-corrected chi connectivity index (χ2v) is 6.81. The molecule has 3 rings (SSSR count). The zero-order valence-electron chi connectivity index (χ0n) is 11.2. The number of aryl methyl sites for hydroxylation is 1. The van der Waals surface area contributed by atoms with E-state index in [1.54, 1.807) is 0 Å². The summed E-state index contributed by atoms with van der Waals surface area (Å²) in [4.78, 5) is 7.34. The molecule has 2 fully saturated rings. The van der Waals surface area contributed by atoms with E-state index in [1.807, 2.05) is 11.3 Å². The molecule has 3 heterocycles. The van der Waals surface area contributed by atoms with Crippen molar-refractivity contribution in [2.75, 3.05) is 26.2 Å². The van der Waals surface area contributed by atoms with Gasteiger partial charge in [-0.2, -0.15) is 0 Å². The molecule has 1 aromatic rings. The van der Waals surface area contributed by atoms with Crippen LogP contribution in [0.4, 0.5) is 0 Å². The van der Waals surface area contributed by atoms with Gasteiger partial charge in [-0.15, -0.1) is 11.3 Å². The molecule has 0 aliphatic carbocycles. The van der Waals surface area contributed by atoms with Crippen LogP contribution in [0.1, 0.15) is 36.9 Å². The number of likely N-dealkylation sites (tertiary alicyclic amines) is 1. The molecule has 1 N–H and O–H groups in total. The van der Waals surface area contributed by atoms with Crippen LogP contribution >= 0.6 is 11.3 Å². The number of hydrogen-bond acceptors (Lipinski definition) is 4. The Morgan fingerprint density at radius 2 is 2.44 bits per heavy atom. The van der Waals surface area contributed by atoms with Gasteiger partial charge in [0.05, 0.1) is 12.2 Å². The second-order valence-electron chi connectivity index (χ2n) is 5.87. The fourth-order valence-electron chi connectivity index (χ4n) is 3.29. The number of thiazole rings is 1. The van der Waals surface area contributed by atoms with Crippen molar-refractivity contribution in [1.29, 1.82) is 0 Å². The van der Waals surface area contributed by atoms with E-state index in [4.69, 9.17) is 4.98 Å². The van der Waals surface area contributed by atoms with E-state index in [2.05, 4.69) is 22.5 Å². The first-order valence-electron chi connectivity index (χ1n) is 7.16. The zero-order chi connectivity index (χ0) is 12.4. The van der Waals surface area contributed by atoms with Gasteiger partial charge >= 0.3 is 0 Å². The normalized spacial score (nSPS) is 28.5. The highest BCUT2D eigenvalue weighted by Crippen LogP contribution is 2.36. The Morgan fingerprint density at radius 3 is 3.22 bits per heavy atom. The third-order valence-electron chi connectivity index (χ3n) is 4.31. The molecule has 1 unspecified atom stereocenters. The van der Waals surface area contributed by atoms with Gasteiger partial charge in [-0.25, -0.2) is 4.98 Å². The summed E-state index contributed by atoms with van der Waals surface area (Å²) in [6.45, 7) is 8.24. The first kappa shape index (κ1) is 12.6. The third-order valence-corrected chi connectivity index (χ3v) is 5.20. The molecule has 100 valence electrons. The summed E-state index contributed by atoms with van der Waals surface area (Å²) in [5.74, 6) is 0. The monoisotopic (exact) mass is 265 g/mol. The predicted octanol–water partition coefficient (Wildman–Crippen LogP) is 2.28. The fourth-order valence-corrected chi connectivity index (χ4v) is 4.16. The maximum Gasteiger partial charge on any atom is 0.107 e. The number of rotatable bonds is 4. The Hall–Kier alpha value is -0.450. The van der Waals surface area contributed by atoms with Crippen LogP contribution in [-0.4, -0.2) is 36.1 Å². The molecule has 0 amide bonds. The van der Waals surface area contributed by atoms with Crippen LogP contribution < -0.4 is 5.32 Å². The molecule has 3 nitrogen and oxygen atoms in total. The summed E-state index contributed by atoms with van der Waals surface area (Å²) < 4.78 is 0. The zero-order valence-corrected chi connectivity index (χ0v) is 12.1. The molecule has 1 aromatic heterocycles. The molecule has 0 saturated carbocycles. The topological polar surface area (TPSA) is 28.2 Å². The maximum absolute atomic E-state index is 4.74. The van der Waals surface area contributed by atoms with E-state index in [9.17, 15) is 0 Å². The number of hydrogen-bond donors (Lipinski definition) is 1. The summed E-state index contributed by atoms with van der Waals surface area (Å²) in [6.07, 6.45) is 5.06. The minimum atomic E-state index is 0.587. The third kappa shape index (κ3) is 2.60. The van der Waals surface area contributed by atoms with Gasteiger partial charge < -0.3 is 5.32 Å². The lowest BCUT2D eigenvalue weighted by atomic mass is 9.87. The second kappa shape index (κ2) is 5.27. The smallest absolute Gasteiger partial charge is 0.107 e. The summed E-state index contributed by atoms with van der Waals surface area (Å²) >= 11 is 1.84. The Balaban J connectivity index is 1.56. The van der Waals surface area contributed by atoms with Crippen molar-refractivity contribution in [2.45, 2.75) is 39.2 Å². The summed E-state index contributed by atoms with van der Waals surface area (Å²) in [5, 5.41) is 7.07. The van der Waals surface area contributed by atoms with Crippen molar-refractivity contribution in [2.24, 2.45) is 5.41 Å². The molecular weight excluding hydrogens is 242 g/mol. The highest BCUT2D eigenvalue weighted by molar-refractivity contribution is 7.09. The molecule has 2 aliphatic rings. The van der Waals surface area contributed by atoms with Crippen molar-refractivity contribution < 1.29 is 0 Å². The van der Waals surface area contributed by atoms with E-state index in [0.29, 0.717) is 5.41 Å². The van der Waals surface area contributed by atoms with Gasteiger partial charge in [0.1, 0.15) is 5.01 Å². The van der Waals surface area contributed by atoms with Crippen LogP contribution in [0.15, 0.2) is 5.38 Å². The van der Waals surface area contributed by atoms with Gasteiger partial charge in [0.25, 0.3) is 0 Å². The standard InChI is InChI=1S/C14H23N3S/c1-2-3-12-9-18-13(16-12)8-17-7-5-14(11-17)4-6-15-10-14/h9,15H,2-8,10-11H2,1H3. The molecule has 2 aliphatic heterocycles. The average Bonchev–Trinajstić information content (AvgIpc) is 3.06. The average molecular weight is 265 g/mol. The van der Waals surface area contributed by atoms with E-state index in [1.165, 1.54) is 56.1 Å². The van der Waals surface area contributed by atoms with Crippen molar-refractivity contribution in [1.82, 2.24) is 15.2 Å². The molecule has 2 saturated heterocycles. The van der Waals surface area contributed by atoms with Crippen LogP contribution in [0.5, 0.6) is 0 Å². The lowest BCUT2D eigenvalue weighted by molar-refractivity contribution is 0.268. The lowest BCUT2D eigenvalue weighted by Crippen LogP contribution is -2.28. The molecule has 0 aromatic carbocycles. The molecule has 1 atom stereocenters. The van der Waals surface area contributed by atoms with E-state index in [-0.39, 0.29) is 0 Å². The van der Waals surface area contributed by atoms with Crippen LogP contribution in [0.2, 0.25) is 0 Å². The van der Waals surface area contributed by atoms with Crippen LogP contribution in [0.3, 0.4) is 0 Å². The minimum absolute atomic E-state index is 0.587. The van der Waals surface area contributed by atoms with E-state index < -0.39 is 0 Å². The summed E-state index contributed by atoms with van der Waals surface area (Å²) in [7, 11) is 0. The van der Waals surface area contributed by atoms with Crippen molar-refractivity contribution in [3.8, 4) is 0 Å². The predicted molar refractivity (Wildman–Crippen MR) is 75.9 cm³/mol.